The smallest absolute Gasteiger partial charge is 0.248 e. The van der Waals surface area contributed by atoms with Gasteiger partial charge in [0.05, 0.1) is 6.04 Å². The fourth-order valence-electron chi connectivity index (χ4n) is 4.16. The number of hydrogen-bond donors (Lipinski definition) is 2. The number of para-hydroxylation sites is 1. The highest BCUT2D eigenvalue weighted by atomic mass is 16.2. The predicted octanol–water partition coefficient (Wildman–Crippen LogP) is 2.54. The highest BCUT2D eigenvalue weighted by Crippen LogP contribution is 2.32. The maximum atomic E-state index is 13.0. The molecule has 4 rings (SSSR count). The molecule has 2 aliphatic rings. The maximum Gasteiger partial charge on any atom is 0.248 e. The summed E-state index contributed by atoms with van der Waals surface area (Å²) in [5, 5.41) is 3.56. The molecule has 5 heteroatoms. The second-order valence-corrected chi connectivity index (χ2v) is 7.05. The number of H-pyrrole nitrogens is 1. The second kappa shape index (κ2) is 6.48. The molecule has 0 spiro atoms. The molecule has 2 N–H and O–H groups in total. The molecule has 130 valence electrons. The molecule has 1 aliphatic heterocycles. The van der Waals surface area contributed by atoms with Crippen molar-refractivity contribution in [3.8, 4) is 0 Å². The van der Waals surface area contributed by atoms with Crippen LogP contribution >= 0.6 is 0 Å². The van der Waals surface area contributed by atoms with E-state index in [1.54, 1.807) is 6.07 Å². The van der Waals surface area contributed by atoms with E-state index in [1.807, 2.05) is 41.3 Å². The molecule has 2 heterocycles. The summed E-state index contributed by atoms with van der Waals surface area (Å²) < 4.78 is 0. The van der Waals surface area contributed by atoms with Crippen LogP contribution in [0.3, 0.4) is 0 Å². The van der Waals surface area contributed by atoms with Crippen molar-refractivity contribution in [3.63, 3.8) is 0 Å². The van der Waals surface area contributed by atoms with E-state index < -0.39 is 0 Å². The molecule has 1 saturated heterocycles. The molecule has 1 aromatic heterocycles. The fourth-order valence-corrected chi connectivity index (χ4v) is 4.16. The number of fused-ring (bicyclic) bond motifs is 1. The summed E-state index contributed by atoms with van der Waals surface area (Å²) in [6, 6.07) is 13.4. The van der Waals surface area contributed by atoms with Gasteiger partial charge in [-0.15, -0.1) is 0 Å². The lowest BCUT2D eigenvalue weighted by Gasteiger charge is -2.28. The quantitative estimate of drug-likeness (QED) is 0.904. The monoisotopic (exact) mass is 337 g/mol. The van der Waals surface area contributed by atoms with Gasteiger partial charge in [-0.3, -0.25) is 14.9 Å². The Labute approximate surface area is 147 Å². The van der Waals surface area contributed by atoms with Crippen LogP contribution in [-0.2, 0) is 11.2 Å². The van der Waals surface area contributed by atoms with Gasteiger partial charge in [0.15, 0.2) is 0 Å². The molecular weight excluding hydrogens is 314 g/mol. The Kier molecular flexibility index (Phi) is 4.17. The Hall–Kier alpha value is -2.40. The molecule has 3 unspecified atom stereocenters. The molecule has 1 aromatic carbocycles. The first-order valence-electron chi connectivity index (χ1n) is 9.00. The topological polar surface area (TPSA) is 65.2 Å². The summed E-state index contributed by atoms with van der Waals surface area (Å²) in [6.45, 7) is 2.10. The van der Waals surface area contributed by atoms with Crippen LogP contribution in [0.1, 0.15) is 43.5 Å². The Bertz CT molecular complexity index is 830. The lowest BCUT2D eigenvalue weighted by Crippen LogP contribution is -2.41. The maximum absolute atomic E-state index is 13.0. The van der Waals surface area contributed by atoms with Gasteiger partial charge < -0.3 is 9.88 Å². The van der Waals surface area contributed by atoms with E-state index in [2.05, 4.69) is 17.2 Å². The normalized spacial score (nSPS) is 25.9. The summed E-state index contributed by atoms with van der Waals surface area (Å²) >= 11 is 0. The van der Waals surface area contributed by atoms with Crippen LogP contribution in [0.2, 0.25) is 0 Å². The Morgan fingerprint density at radius 1 is 1.08 bits per heavy atom. The lowest BCUT2D eigenvalue weighted by molar-refractivity contribution is -0.119. The average molecular weight is 337 g/mol. The molecule has 2 aromatic rings. The van der Waals surface area contributed by atoms with Crippen molar-refractivity contribution in [2.45, 2.75) is 50.7 Å². The Morgan fingerprint density at radius 3 is 2.68 bits per heavy atom. The minimum absolute atomic E-state index is 0.0554. The van der Waals surface area contributed by atoms with Crippen LogP contribution in [0.5, 0.6) is 0 Å². The van der Waals surface area contributed by atoms with Gasteiger partial charge in [-0.25, -0.2) is 0 Å². The van der Waals surface area contributed by atoms with Crippen LogP contribution in [-0.4, -0.2) is 23.0 Å². The highest BCUT2D eigenvalue weighted by molar-refractivity contribution is 6.00. The van der Waals surface area contributed by atoms with Crippen LogP contribution in [0.4, 0.5) is 5.69 Å². The van der Waals surface area contributed by atoms with Crippen molar-refractivity contribution in [1.29, 1.82) is 0 Å². The van der Waals surface area contributed by atoms with E-state index >= 15 is 0 Å². The van der Waals surface area contributed by atoms with Gasteiger partial charge in [0.25, 0.3) is 0 Å². The van der Waals surface area contributed by atoms with Gasteiger partial charge >= 0.3 is 0 Å². The van der Waals surface area contributed by atoms with Crippen LogP contribution in [0.15, 0.2) is 47.3 Å². The van der Waals surface area contributed by atoms with Crippen LogP contribution in [0, 0.1) is 0 Å². The molecule has 0 radical (unpaired) electrons. The molecule has 1 fully saturated rings. The van der Waals surface area contributed by atoms with Crippen molar-refractivity contribution in [2.75, 3.05) is 4.90 Å². The van der Waals surface area contributed by atoms with Crippen molar-refractivity contribution < 1.29 is 4.79 Å². The summed E-state index contributed by atoms with van der Waals surface area (Å²) in [4.78, 5) is 29.4. The fraction of sp³-hybridized carbons (Fsp3) is 0.400. The van der Waals surface area contributed by atoms with Crippen molar-refractivity contribution in [2.24, 2.45) is 0 Å². The number of anilines is 1. The van der Waals surface area contributed by atoms with Crippen molar-refractivity contribution in [1.82, 2.24) is 10.3 Å². The third-order valence-corrected chi connectivity index (χ3v) is 5.32. The number of pyridine rings is 1. The number of carbonyl (C=O) groups excluding carboxylic acids is 1. The van der Waals surface area contributed by atoms with Gasteiger partial charge in [-0.05, 0) is 50.3 Å². The first-order chi connectivity index (χ1) is 12.1. The summed E-state index contributed by atoms with van der Waals surface area (Å²) in [5.74, 6) is 0.134. The molecule has 0 bridgehead atoms. The van der Waals surface area contributed by atoms with Crippen LogP contribution in [0.25, 0.3) is 0 Å². The molecule has 1 amide bonds. The van der Waals surface area contributed by atoms with Crippen molar-refractivity contribution in [3.05, 3.63) is 64.1 Å². The number of benzene rings is 1. The van der Waals surface area contributed by atoms with Gasteiger partial charge in [-0.1, -0.05) is 24.3 Å². The molecule has 5 nitrogen and oxygen atoms in total. The Morgan fingerprint density at radius 2 is 1.88 bits per heavy atom. The average Bonchev–Trinajstić information content (AvgIpc) is 2.89. The number of aryl methyl sites for hydroxylation is 1. The van der Waals surface area contributed by atoms with Gasteiger partial charge in [0, 0.05) is 29.5 Å². The van der Waals surface area contributed by atoms with Gasteiger partial charge in [0.2, 0.25) is 11.5 Å². The van der Waals surface area contributed by atoms with Gasteiger partial charge in [-0.2, -0.15) is 0 Å². The Balaban J connectivity index is 1.55. The highest BCUT2D eigenvalue weighted by Gasteiger charge is 2.39. The SMILES string of the molecule is CC1CC(NC2CCCc3[nH]c(=O)ccc32)C(=O)N1c1ccccc1. The number of aromatic nitrogens is 1. The standard InChI is InChI=1S/C20H23N3O2/c1-13-12-18(20(25)23(13)14-6-3-2-4-7-14)21-16-8-5-9-17-15(16)10-11-19(24)22-17/h2-4,6-7,10-11,13,16,18,21H,5,8-9,12H2,1H3,(H,22,24). The number of rotatable bonds is 3. The van der Waals surface area contributed by atoms with E-state index in [-0.39, 0.29) is 29.6 Å². The molecule has 25 heavy (non-hydrogen) atoms. The zero-order valence-electron chi connectivity index (χ0n) is 14.4. The third kappa shape index (κ3) is 3.00. The molecule has 1 aliphatic carbocycles. The van der Waals surface area contributed by atoms with E-state index in [0.717, 1.165) is 42.6 Å². The van der Waals surface area contributed by atoms with Crippen molar-refractivity contribution >= 4 is 11.6 Å². The number of aromatic amines is 1. The molecule has 3 atom stereocenters. The number of amides is 1. The van der Waals surface area contributed by atoms with Crippen LogP contribution < -0.4 is 15.8 Å². The first kappa shape index (κ1) is 16.1. The third-order valence-electron chi connectivity index (χ3n) is 5.32. The predicted molar refractivity (Wildman–Crippen MR) is 97.7 cm³/mol. The summed E-state index contributed by atoms with van der Waals surface area (Å²) in [5.41, 5.74) is 3.04. The zero-order valence-corrected chi connectivity index (χ0v) is 14.4. The van der Waals surface area contributed by atoms with E-state index in [1.165, 1.54) is 0 Å². The largest absolute Gasteiger partial charge is 0.326 e. The summed E-state index contributed by atoms with van der Waals surface area (Å²) in [7, 11) is 0. The lowest BCUT2D eigenvalue weighted by atomic mass is 9.90. The summed E-state index contributed by atoms with van der Waals surface area (Å²) in [6.07, 6.45) is 3.70. The number of nitrogens with one attached hydrogen (secondary N) is 2. The van der Waals surface area contributed by atoms with E-state index in [0.29, 0.717) is 0 Å². The second-order valence-electron chi connectivity index (χ2n) is 7.05. The zero-order chi connectivity index (χ0) is 17.4. The van der Waals surface area contributed by atoms with Gasteiger partial charge in [0.1, 0.15) is 0 Å². The molecule has 0 saturated carbocycles. The number of nitrogens with zero attached hydrogens (tertiary/aromatic N) is 1. The van der Waals surface area contributed by atoms with E-state index in [9.17, 15) is 9.59 Å². The first-order valence-corrected chi connectivity index (χ1v) is 9.00. The minimum atomic E-state index is -0.182. The minimum Gasteiger partial charge on any atom is -0.326 e. The number of hydrogen-bond acceptors (Lipinski definition) is 3. The molecular formula is C20H23N3O2. The number of carbonyl (C=O) groups is 1. The van der Waals surface area contributed by atoms with E-state index in [4.69, 9.17) is 0 Å².